The number of aromatic nitrogens is 6. The predicted octanol–water partition coefficient (Wildman–Crippen LogP) is 2.48. The van der Waals surface area contributed by atoms with Gasteiger partial charge in [-0.1, -0.05) is 11.8 Å². The van der Waals surface area contributed by atoms with E-state index in [9.17, 15) is 4.79 Å². The topological polar surface area (TPSA) is 98.6 Å². The second kappa shape index (κ2) is 6.89. The van der Waals surface area contributed by atoms with Gasteiger partial charge in [0.15, 0.2) is 0 Å². The van der Waals surface area contributed by atoms with Crippen LogP contribution in [0, 0.1) is 0 Å². The maximum Gasteiger partial charge on any atom is 0.268 e. The summed E-state index contributed by atoms with van der Waals surface area (Å²) in [4.78, 5) is 20.8. The minimum atomic E-state index is -0.133. The van der Waals surface area contributed by atoms with Crippen LogP contribution in [-0.4, -0.2) is 37.3 Å². The molecule has 0 aliphatic carbocycles. The molecule has 0 saturated heterocycles. The third kappa shape index (κ3) is 3.20. The number of thiophene rings is 1. The van der Waals surface area contributed by atoms with Crippen molar-refractivity contribution in [3.63, 3.8) is 0 Å². The van der Waals surface area contributed by atoms with Crippen molar-refractivity contribution < 1.29 is 4.74 Å². The van der Waals surface area contributed by atoms with Gasteiger partial charge in [-0.05, 0) is 46.3 Å². The van der Waals surface area contributed by atoms with Gasteiger partial charge in [0.05, 0.1) is 18.4 Å². The van der Waals surface area contributed by atoms with Gasteiger partial charge in [-0.3, -0.25) is 4.79 Å². The number of thioether (sulfide) groups is 1. The number of aromatic amines is 1. The summed E-state index contributed by atoms with van der Waals surface area (Å²) >= 11 is 2.84. The van der Waals surface area contributed by atoms with E-state index >= 15 is 0 Å². The van der Waals surface area contributed by atoms with E-state index in [4.69, 9.17) is 4.74 Å². The number of aryl methyl sites for hydroxylation is 1. The summed E-state index contributed by atoms with van der Waals surface area (Å²) in [6.45, 7) is 0. The largest absolute Gasteiger partial charge is 0.497 e. The van der Waals surface area contributed by atoms with Crippen LogP contribution in [0.15, 0.2) is 40.3 Å². The van der Waals surface area contributed by atoms with Gasteiger partial charge in [0.2, 0.25) is 5.16 Å². The molecule has 8 nitrogen and oxygen atoms in total. The van der Waals surface area contributed by atoms with Crippen molar-refractivity contribution in [3.05, 3.63) is 46.5 Å². The highest BCUT2D eigenvalue weighted by atomic mass is 32.2. The summed E-state index contributed by atoms with van der Waals surface area (Å²) in [6.07, 6.45) is 0. The quantitative estimate of drug-likeness (QED) is 0.526. The second-order valence-electron chi connectivity index (χ2n) is 5.44. The molecule has 0 fully saturated rings. The lowest BCUT2D eigenvalue weighted by atomic mass is 10.2. The molecule has 26 heavy (non-hydrogen) atoms. The molecule has 0 aliphatic rings. The number of ether oxygens (including phenoxy) is 1. The van der Waals surface area contributed by atoms with Crippen LogP contribution < -0.4 is 10.3 Å². The Labute approximate surface area is 156 Å². The fourth-order valence-electron chi connectivity index (χ4n) is 2.43. The Bertz CT molecular complexity index is 1120. The van der Waals surface area contributed by atoms with Crippen molar-refractivity contribution in [3.8, 4) is 16.2 Å². The van der Waals surface area contributed by atoms with Gasteiger partial charge in [0.1, 0.15) is 16.3 Å². The van der Waals surface area contributed by atoms with Crippen LogP contribution in [0.1, 0.15) is 5.82 Å². The molecule has 0 saturated carbocycles. The molecular weight excluding hydrogens is 372 g/mol. The Hall–Kier alpha value is -2.72. The maximum absolute atomic E-state index is 12.4. The number of tetrazole rings is 1. The molecule has 3 heterocycles. The zero-order chi connectivity index (χ0) is 18.1. The van der Waals surface area contributed by atoms with Crippen molar-refractivity contribution in [1.82, 2.24) is 30.2 Å². The lowest BCUT2D eigenvalue weighted by Crippen LogP contribution is -2.09. The summed E-state index contributed by atoms with van der Waals surface area (Å²) in [6, 6.07) is 9.67. The fraction of sp³-hybridized carbons (Fsp3) is 0.188. The standard InChI is InChI=1S/C16H14N6O2S2/c1-22-16(19-20-21-22)25-8-13-17-11-7-12(26-14(11)15(23)18-13)9-3-5-10(24-2)6-4-9/h3-7H,8H2,1-2H3,(H,17,18,23). The van der Waals surface area contributed by atoms with E-state index < -0.39 is 0 Å². The Balaban J connectivity index is 1.64. The predicted molar refractivity (Wildman–Crippen MR) is 101 cm³/mol. The van der Waals surface area contributed by atoms with Crippen LogP contribution in [0.5, 0.6) is 5.75 Å². The van der Waals surface area contributed by atoms with Crippen molar-refractivity contribution in [2.45, 2.75) is 10.9 Å². The van der Waals surface area contributed by atoms with Crippen LogP contribution >= 0.6 is 23.1 Å². The average molecular weight is 386 g/mol. The third-order valence-corrected chi connectivity index (χ3v) is 5.92. The highest BCUT2D eigenvalue weighted by Crippen LogP contribution is 2.32. The molecule has 0 unspecified atom stereocenters. The molecule has 1 N–H and O–H groups in total. The molecule has 0 bridgehead atoms. The number of nitrogens with one attached hydrogen (secondary N) is 1. The molecule has 3 aromatic heterocycles. The number of benzene rings is 1. The van der Waals surface area contributed by atoms with Gasteiger partial charge in [0.25, 0.3) is 5.56 Å². The van der Waals surface area contributed by atoms with Crippen molar-refractivity contribution >= 4 is 33.3 Å². The van der Waals surface area contributed by atoms with Gasteiger partial charge in [0, 0.05) is 11.9 Å². The Morgan fingerprint density at radius 3 is 2.81 bits per heavy atom. The number of rotatable bonds is 5. The van der Waals surface area contributed by atoms with Crippen LogP contribution in [0.2, 0.25) is 0 Å². The van der Waals surface area contributed by atoms with Crippen molar-refractivity contribution in [2.75, 3.05) is 7.11 Å². The molecule has 0 aliphatic heterocycles. The Morgan fingerprint density at radius 1 is 1.31 bits per heavy atom. The molecule has 132 valence electrons. The zero-order valence-corrected chi connectivity index (χ0v) is 15.6. The van der Waals surface area contributed by atoms with E-state index in [1.807, 2.05) is 30.3 Å². The second-order valence-corrected chi connectivity index (χ2v) is 7.43. The molecule has 0 amide bonds. The van der Waals surface area contributed by atoms with E-state index in [1.54, 1.807) is 18.8 Å². The minimum absolute atomic E-state index is 0.133. The first-order valence-electron chi connectivity index (χ1n) is 7.66. The van der Waals surface area contributed by atoms with Crippen LogP contribution in [-0.2, 0) is 12.8 Å². The molecule has 1 aromatic carbocycles. The lowest BCUT2D eigenvalue weighted by Gasteiger charge is -2.00. The highest BCUT2D eigenvalue weighted by Gasteiger charge is 2.12. The van der Waals surface area contributed by atoms with Crippen LogP contribution in [0.25, 0.3) is 20.7 Å². The third-order valence-electron chi connectivity index (χ3n) is 3.73. The van der Waals surface area contributed by atoms with Crippen LogP contribution in [0.4, 0.5) is 0 Å². The fourth-order valence-corrected chi connectivity index (χ4v) is 4.15. The van der Waals surface area contributed by atoms with Gasteiger partial charge < -0.3 is 9.72 Å². The average Bonchev–Trinajstić information content (AvgIpc) is 3.26. The van der Waals surface area contributed by atoms with E-state index in [2.05, 4.69) is 25.5 Å². The molecule has 4 rings (SSSR count). The number of hydrogen-bond donors (Lipinski definition) is 1. The van der Waals surface area contributed by atoms with Gasteiger partial charge in [-0.15, -0.1) is 16.4 Å². The molecular formula is C16H14N6O2S2. The van der Waals surface area contributed by atoms with Crippen LogP contribution in [0.3, 0.4) is 0 Å². The van der Waals surface area contributed by atoms with Gasteiger partial charge >= 0.3 is 0 Å². The first-order valence-corrected chi connectivity index (χ1v) is 9.46. The molecule has 0 atom stereocenters. The minimum Gasteiger partial charge on any atom is -0.497 e. The SMILES string of the molecule is COc1ccc(-c2cc3nc(CSc4nnnn4C)[nH]c(=O)c3s2)cc1. The number of hydrogen-bond acceptors (Lipinski definition) is 8. The molecule has 4 aromatic rings. The Morgan fingerprint density at radius 2 is 2.12 bits per heavy atom. The van der Waals surface area contributed by atoms with Gasteiger partial charge in [-0.2, -0.15) is 0 Å². The summed E-state index contributed by atoms with van der Waals surface area (Å²) in [5.41, 5.74) is 1.58. The smallest absolute Gasteiger partial charge is 0.268 e. The van der Waals surface area contributed by atoms with E-state index in [-0.39, 0.29) is 5.56 Å². The maximum atomic E-state index is 12.4. The summed E-state index contributed by atoms with van der Waals surface area (Å²) in [5.74, 6) is 1.87. The molecule has 0 spiro atoms. The monoisotopic (exact) mass is 386 g/mol. The summed E-state index contributed by atoms with van der Waals surface area (Å²) in [7, 11) is 3.40. The Kier molecular flexibility index (Phi) is 4.43. The first-order chi connectivity index (χ1) is 12.6. The highest BCUT2D eigenvalue weighted by molar-refractivity contribution is 7.98. The first kappa shape index (κ1) is 16.7. The van der Waals surface area contributed by atoms with E-state index in [0.29, 0.717) is 27.0 Å². The van der Waals surface area contributed by atoms with Gasteiger partial charge in [-0.25, -0.2) is 9.67 Å². The number of fused-ring (bicyclic) bond motifs is 1. The van der Waals surface area contributed by atoms with E-state index in [0.717, 1.165) is 16.2 Å². The molecule has 10 heteroatoms. The number of nitrogens with zero attached hydrogens (tertiary/aromatic N) is 5. The molecule has 0 radical (unpaired) electrons. The normalized spacial score (nSPS) is 11.2. The number of methoxy groups -OCH3 is 1. The van der Waals surface area contributed by atoms with Crippen molar-refractivity contribution in [2.24, 2.45) is 7.05 Å². The lowest BCUT2D eigenvalue weighted by molar-refractivity contribution is 0.415. The number of H-pyrrole nitrogens is 1. The van der Waals surface area contributed by atoms with Crippen molar-refractivity contribution in [1.29, 1.82) is 0 Å². The zero-order valence-electron chi connectivity index (χ0n) is 14.0. The summed E-state index contributed by atoms with van der Waals surface area (Å²) < 4.78 is 7.38. The summed E-state index contributed by atoms with van der Waals surface area (Å²) in [5, 5.41) is 11.9. The van der Waals surface area contributed by atoms with E-state index in [1.165, 1.54) is 23.1 Å².